The molecule has 0 bridgehead atoms. The summed E-state index contributed by atoms with van der Waals surface area (Å²) < 4.78 is 30.5. The van der Waals surface area contributed by atoms with E-state index in [1.54, 1.807) is 12.1 Å². The molecule has 0 fully saturated rings. The van der Waals surface area contributed by atoms with Crippen molar-refractivity contribution in [1.82, 2.24) is 8.96 Å². The van der Waals surface area contributed by atoms with Crippen LogP contribution in [0, 0.1) is 0 Å². The maximum atomic E-state index is 11.8. The van der Waals surface area contributed by atoms with Gasteiger partial charge in [-0.3, -0.25) is 0 Å². The van der Waals surface area contributed by atoms with E-state index in [1.165, 1.54) is 12.4 Å². The molecule has 1 aromatic heterocycles. The summed E-state index contributed by atoms with van der Waals surface area (Å²) >= 11 is 0. The van der Waals surface area contributed by atoms with E-state index >= 15 is 0 Å². The Hall–Kier alpha value is -2.60. The highest BCUT2D eigenvalue weighted by Crippen LogP contribution is 2.24. The SMILES string of the molecule is CS(=O)(=O)n1ccnc1-c1cccc(OCc2ccccc2)c1. The van der Waals surface area contributed by atoms with Crippen LogP contribution in [0.25, 0.3) is 11.4 Å². The molecular formula is C17H16N2O3S. The Labute approximate surface area is 135 Å². The molecule has 6 heteroatoms. The Balaban J connectivity index is 1.85. The fourth-order valence-corrected chi connectivity index (χ4v) is 2.97. The van der Waals surface area contributed by atoms with Gasteiger partial charge in [0.1, 0.15) is 12.4 Å². The van der Waals surface area contributed by atoms with E-state index in [0.717, 1.165) is 15.8 Å². The number of hydrogen-bond acceptors (Lipinski definition) is 4. The number of nitrogens with zero attached hydrogens (tertiary/aromatic N) is 2. The fraction of sp³-hybridized carbons (Fsp3) is 0.118. The lowest BCUT2D eigenvalue weighted by molar-refractivity contribution is 0.306. The first-order valence-corrected chi connectivity index (χ1v) is 8.90. The summed E-state index contributed by atoms with van der Waals surface area (Å²) in [5.41, 5.74) is 1.75. The van der Waals surface area contributed by atoms with E-state index in [4.69, 9.17) is 4.74 Å². The quantitative estimate of drug-likeness (QED) is 0.722. The lowest BCUT2D eigenvalue weighted by Gasteiger charge is -2.09. The number of hydrogen-bond donors (Lipinski definition) is 0. The van der Waals surface area contributed by atoms with E-state index in [9.17, 15) is 8.42 Å². The van der Waals surface area contributed by atoms with Crippen LogP contribution in [0.1, 0.15) is 5.56 Å². The van der Waals surface area contributed by atoms with Crippen molar-refractivity contribution < 1.29 is 13.2 Å². The minimum absolute atomic E-state index is 0.373. The van der Waals surface area contributed by atoms with Crippen molar-refractivity contribution in [3.05, 3.63) is 72.6 Å². The molecule has 3 rings (SSSR count). The van der Waals surface area contributed by atoms with E-state index in [0.29, 0.717) is 23.7 Å². The van der Waals surface area contributed by atoms with Gasteiger partial charge in [-0.15, -0.1) is 0 Å². The molecule has 0 saturated heterocycles. The highest BCUT2D eigenvalue weighted by Gasteiger charge is 2.13. The largest absolute Gasteiger partial charge is 0.489 e. The van der Waals surface area contributed by atoms with Crippen molar-refractivity contribution in [2.24, 2.45) is 0 Å². The van der Waals surface area contributed by atoms with E-state index in [1.807, 2.05) is 42.5 Å². The van der Waals surface area contributed by atoms with Crippen LogP contribution in [0.3, 0.4) is 0 Å². The molecule has 0 unspecified atom stereocenters. The average Bonchev–Trinajstić information content (AvgIpc) is 3.04. The number of aromatic nitrogens is 2. The topological polar surface area (TPSA) is 61.2 Å². The lowest BCUT2D eigenvalue weighted by Crippen LogP contribution is -2.10. The van der Waals surface area contributed by atoms with Crippen molar-refractivity contribution in [1.29, 1.82) is 0 Å². The van der Waals surface area contributed by atoms with Crippen LogP contribution in [0.4, 0.5) is 0 Å². The molecule has 2 aromatic carbocycles. The first-order valence-electron chi connectivity index (χ1n) is 7.05. The molecule has 1 heterocycles. The monoisotopic (exact) mass is 328 g/mol. The first-order chi connectivity index (χ1) is 11.0. The minimum atomic E-state index is -3.39. The molecule has 5 nitrogen and oxygen atoms in total. The Morgan fingerprint density at radius 3 is 2.61 bits per heavy atom. The average molecular weight is 328 g/mol. The summed E-state index contributed by atoms with van der Waals surface area (Å²) in [6, 6.07) is 17.1. The van der Waals surface area contributed by atoms with Crippen molar-refractivity contribution in [3.63, 3.8) is 0 Å². The lowest BCUT2D eigenvalue weighted by atomic mass is 10.2. The van der Waals surface area contributed by atoms with Gasteiger partial charge in [0.15, 0.2) is 5.82 Å². The molecule has 0 amide bonds. The van der Waals surface area contributed by atoms with Gasteiger partial charge in [0.25, 0.3) is 0 Å². The number of imidazole rings is 1. The van der Waals surface area contributed by atoms with Crippen molar-refractivity contribution >= 4 is 10.0 Å². The minimum Gasteiger partial charge on any atom is -0.489 e. The maximum Gasteiger partial charge on any atom is 0.237 e. The van der Waals surface area contributed by atoms with Gasteiger partial charge >= 0.3 is 0 Å². The summed E-state index contributed by atoms with van der Waals surface area (Å²) in [5.74, 6) is 1.03. The molecule has 0 atom stereocenters. The molecule has 0 saturated carbocycles. The van der Waals surface area contributed by atoms with Crippen LogP contribution in [0.5, 0.6) is 5.75 Å². The third kappa shape index (κ3) is 3.60. The zero-order valence-corrected chi connectivity index (χ0v) is 13.4. The van der Waals surface area contributed by atoms with Gasteiger partial charge in [-0.1, -0.05) is 42.5 Å². The van der Waals surface area contributed by atoms with Crippen LogP contribution in [-0.2, 0) is 16.6 Å². The summed E-state index contributed by atoms with van der Waals surface area (Å²) in [5, 5.41) is 0. The molecule has 0 N–H and O–H groups in total. The van der Waals surface area contributed by atoms with Gasteiger partial charge in [-0.05, 0) is 17.7 Å². The maximum absolute atomic E-state index is 11.8. The predicted molar refractivity (Wildman–Crippen MR) is 88.7 cm³/mol. The third-order valence-corrected chi connectivity index (χ3v) is 4.31. The second-order valence-corrected chi connectivity index (χ2v) is 6.97. The highest BCUT2D eigenvalue weighted by molar-refractivity contribution is 7.89. The number of rotatable bonds is 5. The van der Waals surface area contributed by atoms with Crippen LogP contribution in [-0.4, -0.2) is 23.6 Å². The van der Waals surface area contributed by atoms with Gasteiger partial charge in [0.2, 0.25) is 10.0 Å². The van der Waals surface area contributed by atoms with Gasteiger partial charge in [0, 0.05) is 18.0 Å². The van der Waals surface area contributed by atoms with Gasteiger partial charge in [0.05, 0.1) is 6.26 Å². The molecule has 3 aromatic rings. The third-order valence-electron chi connectivity index (χ3n) is 3.31. The zero-order valence-electron chi connectivity index (χ0n) is 12.6. The van der Waals surface area contributed by atoms with Crippen LogP contribution in [0.15, 0.2) is 67.0 Å². The molecule has 23 heavy (non-hydrogen) atoms. The second-order valence-electron chi connectivity index (χ2n) is 5.11. The van der Waals surface area contributed by atoms with E-state index < -0.39 is 10.0 Å². The Bertz CT molecular complexity index is 902. The molecule has 118 valence electrons. The summed E-state index contributed by atoms with van der Waals surface area (Å²) in [7, 11) is -3.39. The Kier molecular flexibility index (Phi) is 4.16. The zero-order chi connectivity index (χ0) is 16.3. The van der Waals surface area contributed by atoms with Crippen molar-refractivity contribution in [3.8, 4) is 17.1 Å². The van der Waals surface area contributed by atoms with E-state index in [-0.39, 0.29) is 0 Å². The molecular weight excluding hydrogens is 312 g/mol. The van der Waals surface area contributed by atoms with Crippen molar-refractivity contribution in [2.45, 2.75) is 6.61 Å². The normalized spacial score (nSPS) is 11.3. The first kappa shape index (κ1) is 15.3. The van der Waals surface area contributed by atoms with Crippen LogP contribution < -0.4 is 4.74 Å². The number of benzene rings is 2. The molecule has 0 aliphatic heterocycles. The highest BCUT2D eigenvalue weighted by atomic mass is 32.2. The summed E-state index contributed by atoms with van der Waals surface area (Å²) in [4.78, 5) is 4.14. The smallest absolute Gasteiger partial charge is 0.237 e. The number of ether oxygens (including phenoxy) is 1. The molecule has 0 radical (unpaired) electrons. The molecule has 0 aliphatic rings. The van der Waals surface area contributed by atoms with Gasteiger partial charge < -0.3 is 4.74 Å². The predicted octanol–water partition coefficient (Wildman–Crippen LogP) is 2.94. The molecule has 0 aliphatic carbocycles. The van der Waals surface area contributed by atoms with Gasteiger partial charge in [-0.25, -0.2) is 17.4 Å². The van der Waals surface area contributed by atoms with Crippen LogP contribution in [0.2, 0.25) is 0 Å². The van der Waals surface area contributed by atoms with E-state index in [2.05, 4.69) is 4.98 Å². The fourth-order valence-electron chi connectivity index (χ4n) is 2.23. The standard InChI is InChI=1S/C17H16N2O3S/c1-23(20,21)19-11-10-18-17(19)15-8-5-9-16(12-15)22-13-14-6-3-2-4-7-14/h2-12H,13H2,1H3. The molecule has 0 spiro atoms. The Morgan fingerprint density at radius 1 is 1.09 bits per heavy atom. The second kappa shape index (κ2) is 6.26. The van der Waals surface area contributed by atoms with Crippen LogP contribution >= 0.6 is 0 Å². The van der Waals surface area contributed by atoms with Crippen molar-refractivity contribution in [2.75, 3.05) is 6.26 Å². The summed E-state index contributed by atoms with van der Waals surface area (Å²) in [6.07, 6.45) is 4.05. The van der Waals surface area contributed by atoms with Gasteiger partial charge in [-0.2, -0.15) is 0 Å². The summed E-state index contributed by atoms with van der Waals surface area (Å²) in [6.45, 7) is 0.449. The Morgan fingerprint density at radius 2 is 1.87 bits per heavy atom.